The van der Waals surface area contributed by atoms with Crippen LogP contribution in [0, 0.1) is 26.6 Å². The number of fused-ring (bicyclic) bond motifs is 1. The lowest BCUT2D eigenvalue weighted by Gasteiger charge is -2.10. The first kappa shape index (κ1) is 18.8. The van der Waals surface area contributed by atoms with Gasteiger partial charge in [0, 0.05) is 11.4 Å². The van der Waals surface area contributed by atoms with Crippen molar-refractivity contribution < 1.29 is 9.18 Å². The fourth-order valence-electron chi connectivity index (χ4n) is 3.26. The fourth-order valence-corrected chi connectivity index (χ4v) is 3.26. The summed E-state index contributed by atoms with van der Waals surface area (Å²) in [5.41, 5.74) is 5.36. The van der Waals surface area contributed by atoms with E-state index in [4.69, 9.17) is 0 Å². The van der Waals surface area contributed by atoms with Crippen molar-refractivity contribution in [2.24, 2.45) is 0 Å². The molecular formula is C23H21FN4O. The summed E-state index contributed by atoms with van der Waals surface area (Å²) in [6, 6.07) is 14.3. The Bertz CT molecular complexity index is 1210. The van der Waals surface area contributed by atoms with Crippen molar-refractivity contribution >= 4 is 22.6 Å². The summed E-state index contributed by atoms with van der Waals surface area (Å²) in [4.78, 5) is 17.5. The van der Waals surface area contributed by atoms with Crippen molar-refractivity contribution in [1.82, 2.24) is 14.8 Å². The van der Waals surface area contributed by atoms with Gasteiger partial charge in [-0.2, -0.15) is 5.10 Å². The number of aromatic nitrogens is 3. The highest BCUT2D eigenvalue weighted by molar-refractivity contribution is 6.12. The summed E-state index contributed by atoms with van der Waals surface area (Å²) in [5, 5.41) is 7.92. The maximum atomic E-state index is 13.6. The van der Waals surface area contributed by atoms with E-state index in [1.807, 2.05) is 20.8 Å². The number of rotatable bonds is 4. The molecule has 5 nitrogen and oxygen atoms in total. The lowest BCUT2D eigenvalue weighted by Crippen LogP contribution is -2.14. The molecule has 1 N–H and O–H groups in total. The largest absolute Gasteiger partial charge is 0.322 e. The number of carbonyl (C=O) groups is 1. The van der Waals surface area contributed by atoms with Gasteiger partial charge in [-0.05, 0) is 50.1 Å². The van der Waals surface area contributed by atoms with Gasteiger partial charge in [-0.25, -0.2) is 14.1 Å². The van der Waals surface area contributed by atoms with Crippen molar-refractivity contribution in [2.45, 2.75) is 27.3 Å². The van der Waals surface area contributed by atoms with Gasteiger partial charge in [0.1, 0.15) is 5.82 Å². The third-order valence-corrected chi connectivity index (χ3v) is 4.88. The van der Waals surface area contributed by atoms with Crippen molar-refractivity contribution in [1.29, 1.82) is 0 Å². The molecule has 6 heteroatoms. The van der Waals surface area contributed by atoms with Crippen LogP contribution in [-0.4, -0.2) is 20.7 Å². The predicted octanol–water partition coefficient (Wildman–Crippen LogP) is 4.80. The number of aryl methyl sites for hydroxylation is 3. The number of carbonyl (C=O) groups excluding carboxylic acids is 1. The molecule has 0 fully saturated rings. The van der Waals surface area contributed by atoms with Gasteiger partial charge in [-0.3, -0.25) is 4.79 Å². The molecule has 0 aliphatic carbocycles. The van der Waals surface area contributed by atoms with Gasteiger partial charge >= 0.3 is 0 Å². The first-order valence-electron chi connectivity index (χ1n) is 9.37. The van der Waals surface area contributed by atoms with Gasteiger partial charge < -0.3 is 5.32 Å². The van der Waals surface area contributed by atoms with E-state index in [0.717, 1.165) is 11.1 Å². The number of pyridine rings is 1. The quantitative estimate of drug-likeness (QED) is 0.546. The molecule has 0 saturated carbocycles. The first-order valence-corrected chi connectivity index (χ1v) is 9.37. The van der Waals surface area contributed by atoms with Crippen LogP contribution < -0.4 is 5.32 Å². The normalized spacial score (nSPS) is 11.0. The van der Waals surface area contributed by atoms with Crippen LogP contribution >= 0.6 is 0 Å². The molecule has 4 aromatic rings. The zero-order valence-corrected chi connectivity index (χ0v) is 16.5. The predicted molar refractivity (Wildman–Crippen MR) is 112 cm³/mol. The molecule has 29 heavy (non-hydrogen) atoms. The highest BCUT2D eigenvalue weighted by Crippen LogP contribution is 2.22. The first-order chi connectivity index (χ1) is 13.9. The zero-order chi connectivity index (χ0) is 20.5. The maximum absolute atomic E-state index is 13.6. The zero-order valence-electron chi connectivity index (χ0n) is 16.5. The van der Waals surface area contributed by atoms with Crippen molar-refractivity contribution in [3.05, 3.63) is 88.5 Å². The van der Waals surface area contributed by atoms with Crippen LogP contribution in [0.1, 0.15) is 32.7 Å². The van der Waals surface area contributed by atoms with Crippen LogP contribution in [0.25, 0.3) is 11.0 Å². The molecular weight excluding hydrogens is 367 g/mol. The Kier molecular flexibility index (Phi) is 4.84. The Morgan fingerprint density at radius 3 is 2.59 bits per heavy atom. The van der Waals surface area contributed by atoms with Gasteiger partial charge in [-0.15, -0.1) is 0 Å². The third kappa shape index (κ3) is 3.87. The monoisotopic (exact) mass is 388 g/mol. The molecule has 0 aliphatic rings. The van der Waals surface area contributed by atoms with E-state index < -0.39 is 5.82 Å². The van der Waals surface area contributed by atoms with Gasteiger partial charge in [0.05, 0.1) is 23.7 Å². The summed E-state index contributed by atoms with van der Waals surface area (Å²) in [6.07, 6.45) is 1.66. The summed E-state index contributed by atoms with van der Waals surface area (Å²) in [5.74, 6) is -0.711. The second-order valence-electron chi connectivity index (χ2n) is 7.25. The number of amides is 1. The van der Waals surface area contributed by atoms with Gasteiger partial charge in [0.25, 0.3) is 5.91 Å². The lowest BCUT2D eigenvalue weighted by molar-refractivity contribution is 0.102. The van der Waals surface area contributed by atoms with E-state index in [-0.39, 0.29) is 5.91 Å². The van der Waals surface area contributed by atoms with Gasteiger partial charge in [0.15, 0.2) is 5.65 Å². The number of hydrogen-bond donors (Lipinski definition) is 1. The minimum absolute atomic E-state index is 0.316. The van der Waals surface area contributed by atoms with Crippen LogP contribution in [0.5, 0.6) is 0 Å². The highest BCUT2D eigenvalue weighted by atomic mass is 19.1. The van der Waals surface area contributed by atoms with Crippen molar-refractivity contribution in [3.63, 3.8) is 0 Å². The summed E-state index contributed by atoms with van der Waals surface area (Å²) in [7, 11) is 0. The molecule has 1 amide bonds. The van der Waals surface area contributed by atoms with E-state index in [1.165, 1.54) is 17.7 Å². The Labute approximate surface area is 168 Å². The molecule has 0 spiro atoms. The van der Waals surface area contributed by atoms with Gasteiger partial charge in [0.2, 0.25) is 0 Å². The van der Waals surface area contributed by atoms with Crippen LogP contribution in [0.4, 0.5) is 10.1 Å². The van der Waals surface area contributed by atoms with Crippen molar-refractivity contribution in [2.75, 3.05) is 5.32 Å². The molecule has 146 valence electrons. The highest BCUT2D eigenvalue weighted by Gasteiger charge is 2.17. The molecule has 2 heterocycles. The molecule has 0 saturated heterocycles. The Morgan fingerprint density at radius 2 is 1.83 bits per heavy atom. The van der Waals surface area contributed by atoms with E-state index in [1.54, 1.807) is 23.0 Å². The molecule has 0 aliphatic heterocycles. The van der Waals surface area contributed by atoms with Crippen LogP contribution in [0.15, 0.2) is 54.7 Å². The van der Waals surface area contributed by atoms with Gasteiger partial charge in [-0.1, -0.05) is 35.9 Å². The minimum Gasteiger partial charge on any atom is -0.322 e. The number of nitrogens with zero attached hydrogens (tertiary/aromatic N) is 3. The molecule has 0 unspecified atom stereocenters. The minimum atomic E-state index is -0.395. The Hall–Kier alpha value is -3.54. The SMILES string of the molecule is Cc1ccc(Cn2ncc3c(C(=O)Nc4cc(F)ccc4C)cc(C)nc32)cc1. The van der Waals surface area contributed by atoms with Crippen LogP contribution in [0.2, 0.25) is 0 Å². The van der Waals surface area contributed by atoms with E-state index in [0.29, 0.717) is 34.5 Å². The van der Waals surface area contributed by atoms with Crippen LogP contribution in [-0.2, 0) is 6.54 Å². The number of hydrogen-bond acceptors (Lipinski definition) is 3. The molecule has 0 atom stereocenters. The number of benzene rings is 2. The third-order valence-electron chi connectivity index (χ3n) is 4.88. The number of halogens is 1. The second-order valence-corrected chi connectivity index (χ2v) is 7.25. The summed E-state index contributed by atoms with van der Waals surface area (Å²) >= 11 is 0. The average molecular weight is 388 g/mol. The average Bonchev–Trinajstić information content (AvgIpc) is 3.08. The summed E-state index contributed by atoms with van der Waals surface area (Å²) < 4.78 is 15.4. The fraction of sp³-hybridized carbons (Fsp3) is 0.174. The lowest BCUT2D eigenvalue weighted by atomic mass is 10.1. The molecule has 4 rings (SSSR count). The number of anilines is 1. The Balaban J connectivity index is 1.70. The van der Waals surface area contributed by atoms with E-state index in [9.17, 15) is 9.18 Å². The molecule has 2 aromatic heterocycles. The smallest absolute Gasteiger partial charge is 0.256 e. The summed E-state index contributed by atoms with van der Waals surface area (Å²) in [6.45, 7) is 6.27. The molecule has 0 bridgehead atoms. The topological polar surface area (TPSA) is 59.8 Å². The van der Waals surface area contributed by atoms with E-state index in [2.05, 4.69) is 39.7 Å². The number of nitrogens with one attached hydrogen (secondary N) is 1. The Morgan fingerprint density at radius 1 is 1.07 bits per heavy atom. The van der Waals surface area contributed by atoms with Crippen molar-refractivity contribution in [3.8, 4) is 0 Å². The van der Waals surface area contributed by atoms with Crippen LogP contribution in [0.3, 0.4) is 0 Å². The molecule has 0 radical (unpaired) electrons. The maximum Gasteiger partial charge on any atom is 0.256 e. The van der Waals surface area contributed by atoms with E-state index >= 15 is 0 Å². The second kappa shape index (κ2) is 7.47. The standard InChI is InChI=1S/C23H21FN4O/c1-14-4-7-17(8-5-14)13-28-22-20(12-25-28)19(10-16(3)26-22)23(29)27-21-11-18(24)9-6-15(21)2/h4-12H,13H2,1-3H3,(H,27,29). The molecule has 2 aromatic carbocycles.